The van der Waals surface area contributed by atoms with Gasteiger partial charge < -0.3 is 9.88 Å². The van der Waals surface area contributed by atoms with Crippen LogP contribution in [0.15, 0.2) is 29.9 Å². The van der Waals surface area contributed by atoms with Crippen LogP contribution in [0.3, 0.4) is 0 Å². The second-order valence-corrected chi connectivity index (χ2v) is 6.28. The Morgan fingerprint density at radius 1 is 1.37 bits per heavy atom. The molecule has 0 radical (unpaired) electrons. The van der Waals surface area contributed by atoms with E-state index < -0.39 is 0 Å². The van der Waals surface area contributed by atoms with E-state index in [9.17, 15) is 0 Å². The van der Waals surface area contributed by atoms with Gasteiger partial charge in [-0.15, -0.1) is 21.5 Å². The minimum Gasteiger partial charge on any atom is -0.345 e. The van der Waals surface area contributed by atoms with Crippen molar-refractivity contribution in [2.24, 2.45) is 7.05 Å². The number of anilines is 1. The van der Waals surface area contributed by atoms with Gasteiger partial charge >= 0.3 is 0 Å². The van der Waals surface area contributed by atoms with E-state index in [0.29, 0.717) is 0 Å². The lowest BCUT2D eigenvalue weighted by Crippen LogP contribution is -2.15. The van der Waals surface area contributed by atoms with Crippen molar-refractivity contribution in [3.8, 4) is 0 Å². The molecule has 3 rings (SSSR count). The molecule has 0 saturated heterocycles. The van der Waals surface area contributed by atoms with E-state index in [1.165, 1.54) is 4.88 Å². The topological polar surface area (TPSA) is 55.6 Å². The summed E-state index contributed by atoms with van der Waals surface area (Å²) < 4.78 is 2.02. The van der Waals surface area contributed by atoms with Gasteiger partial charge in [0.15, 0.2) is 0 Å². The summed E-state index contributed by atoms with van der Waals surface area (Å²) in [5, 5.41) is 15.4. The molecule has 1 atom stereocenters. The molecule has 7 heteroatoms. The Morgan fingerprint density at radius 2 is 2.26 bits per heavy atom. The number of imidazole rings is 1. The van der Waals surface area contributed by atoms with Gasteiger partial charge in [0.1, 0.15) is 16.9 Å². The van der Waals surface area contributed by atoms with Gasteiger partial charge in [0, 0.05) is 24.3 Å². The Kier molecular flexibility index (Phi) is 3.31. The van der Waals surface area contributed by atoms with E-state index in [1.807, 2.05) is 37.0 Å². The molecular weight excluding hydrogens is 278 g/mol. The summed E-state index contributed by atoms with van der Waals surface area (Å²) in [5.41, 5.74) is 0. The van der Waals surface area contributed by atoms with Gasteiger partial charge in [-0.3, -0.25) is 0 Å². The van der Waals surface area contributed by atoms with Crippen LogP contribution in [0.25, 0.3) is 0 Å². The highest BCUT2D eigenvalue weighted by molar-refractivity contribution is 7.15. The van der Waals surface area contributed by atoms with Gasteiger partial charge in [0.05, 0.1) is 0 Å². The first-order valence-electron chi connectivity index (χ1n) is 5.81. The van der Waals surface area contributed by atoms with E-state index in [2.05, 4.69) is 31.9 Å². The maximum Gasteiger partial charge on any atom is 0.206 e. The van der Waals surface area contributed by atoms with Gasteiger partial charge in [-0.25, -0.2) is 4.98 Å². The van der Waals surface area contributed by atoms with Crippen LogP contribution >= 0.6 is 22.7 Å². The van der Waals surface area contributed by atoms with Crippen molar-refractivity contribution in [3.05, 3.63) is 45.6 Å². The first-order chi connectivity index (χ1) is 9.24. The van der Waals surface area contributed by atoms with Crippen LogP contribution in [-0.2, 0) is 7.05 Å². The first kappa shape index (κ1) is 12.3. The van der Waals surface area contributed by atoms with Crippen LogP contribution in [-0.4, -0.2) is 19.7 Å². The quantitative estimate of drug-likeness (QED) is 0.803. The van der Waals surface area contributed by atoms with Crippen LogP contribution in [0, 0.1) is 6.92 Å². The normalized spacial score (nSPS) is 12.5. The number of hydrogen-bond donors (Lipinski definition) is 1. The second-order valence-electron chi connectivity index (χ2n) is 4.12. The highest BCUT2D eigenvalue weighted by atomic mass is 32.1. The zero-order chi connectivity index (χ0) is 13.2. The predicted molar refractivity (Wildman–Crippen MR) is 77.6 cm³/mol. The van der Waals surface area contributed by atoms with Gasteiger partial charge in [-0.05, 0) is 18.4 Å². The monoisotopic (exact) mass is 291 g/mol. The minimum atomic E-state index is 0.00681. The van der Waals surface area contributed by atoms with Gasteiger partial charge in [-0.1, -0.05) is 17.4 Å². The van der Waals surface area contributed by atoms with Gasteiger partial charge in [0.25, 0.3) is 0 Å². The third-order valence-electron chi connectivity index (χ3n) is 2.74. The fourth-order valence-corrected chi connectivity index (χ4v) is 3.24. The standard InChI is InChI=1S/C12H13N5S2/c1-8-15-16-12(19-8)14-10(9-4-3-7-18-9)11-13-5-6-17(11)2/h3-7,10H,1-2H3,(H,14,16). The van der Waals surface area contributed by atoms with Gasteiger partial charge in [0.2, 0.25) is 5.13 Å². The molecule has 0 saturated carbocycles. The number of thiophene rings is 1. The van der Waals surface area contributed by atoms with E-state index in [1.54, 1.807) is 22.7 Å². The molecule has 0 spiro atoms. The average Bonchev–Trinajstić information content (AvgIpc) is 3.08. The van der Waals surface area contributed by atoms with Crippen molar-refractivity contribution in [3.63, 3.8) is 0 Å². The molecule has 0 aromatic carbocycles. The van der Waals surface area contributed by atoms with Crippen LogP contribution in [0.4, 0.5) is 5.13 Å². The van der Waals surface area contributed by atoms with Crippen LogP contribution in [0.2, 0.25) is 0 Å². The van der Waals surface area contributed by atoms with Crippen LogP contribution < -0.4 is 5.32 Å². The minimum absolute atomic E-state index is 0.00681. The summed E-state index contributed by atoms with van der Waals surface area (Å²) in [5.74, 6) is 0.968. The number of aromatic nitrogens is 4. The number of aryl methyl sites for hydroxylation is 2. The molecule has 0 bridgehead atoms. The van der Waals surface area contributed by atoms with Crippen molar-refractivity contribution in [2.75, 3.05) is 5.32 Å². The molecule has 0 fully saturated rings. The summed E-state index contributed by atoms with van der Waals surface area (Å²) in [4.78, 5) is 5.65. The highest BCUT2D eigenvalue weighted by Gasteiger charge is 2.20. The molecule has 19 heavy (non-hydrogen) atoms. The third-order valence-corrected chi connectivity index (χ3v) is 4.45. The molecule has 3 heterocycles. The highest BCUT2D eigenvalue weighted by Crippen LogP contribution is 2.29. The summed E-state index contributed by atoms with van der Waals surface area (Å²) in [6.07, 6.45) is 3.76. The summed E-state index contributed by atoms with van der Waals surface area (Å²) in [7, 11) is 2.00. The Morgan fingerprint density at radius 3 is 2.84 bits per heavy atom. The summed E-state index contributed by atoms with van der Waals surface area (Å²) in [6.45, 7) is 1.95. The molecule has 1 N–H and O–H groups in total. The van der Waals surface area contributed by atoms with Crippen LogP contribution in [0.1, 0.15) is 21.8 Å². The van der Waals surface area contributed by atoms with Gasteiger partial charge in [-0.2, -0.15) is 0 Å². The molecule has 0 aliphatic rings. The lowest BCUT2D eigenvalue weighted by molar-refractivity contribution is 0.754. The number of rotatable bonds is 4. The largest absolute Gasteiger partial charge is 0.345 e. The fraction of sp³-hybridized carbons (Fsp3) is 0.250. The van der Waals surface area contributed by atoms with Crippen molar-refractivity contribution in [1.29, 1.82) is 0 Å². The molecule has 0 aliphatic carbocycles. The Bertz CT molecular complexity index is 655. The zero-order valence-electron chi connectivity index (χ0n) is 10.6. The zero-order valence-corrected chi connectivity index (χ0v) is 12.2. The summed E-state index contributed by atoms with van der Waals surface area (Å²) in [6, 6.07) is 4.15. The molecule has 0 amide bonds. The fourth-order valence-electron chi connectivity index (χ4n) is 1.85. The predicted octanol–water partition coefficient (Wildman–Crippen LogP) is 2.84. The van der Waals surface area contributed by atoms with Crippen molar-refractivity contribution in [2.45, 2.75) is 13.0 Å². The Hall–Kier alpha value is -1.73. The molecule has 1 unspecified atom stereocenters. The first-order valence-corrected chi connectivity index (χ1v) is 7.51. The molecular formula is C12H13N5S2. The van der Waals surface area contributed by atoms with Crippen molar-refractivity contribution in [1.82, 2.24) is 19.7 Å². The third kappa shape index (κ3) is 2.52. The smallest absolute Gasteiger partial charge is 0.206 e. The van der Waals surface area contributed by atoms with E-state index in [4.69, 9.17) is 0 Å². The van der Waals surface area contributed by atoms with Crippen LogP contribution in [0.5, 0.6) is 0 Å². The van der Waals surface area contributed by atoms with Crippen molar-refractivity contribution >= 4 is 27.8 Å². The SMILES string of the molecule is Cc1nnc(NC(c2cccs2)c2nccn2C)s1. The molecule has 3 aromatic heterocycles. The second kappa shape index (κ2) is 5.10. The average molecular weight is 291 g/mol. The lowest BCUT2D eigenvalue weighted by atomic mass is 10.2. The summed E-state index contributed by atoms with van der Waals surface area (Å²) >= 11 is 3.26. The van der Waals surface area contributed by atoms with Crippen molar-refractivity contribution < 1.29 is 0 Å². The molecule has 3 aromatic rings. The number of nitrogens with one attached hydrogen (secondary N) is 1. The van der Waals surface area contributed by atoms with E-state index in [-0.39, 0.29) is 6.04 Å². The molecule has 5 nitrogen and oxygen atoms in total. The maximum absolute atomic E-state index is 4.44. The number of nitrogens with zero attached hydrogens (tertiary/aromatic N) is 4. The lowest BCUT2D eigenvalue weighted by Gasteiger charge is -2.16. The molecule has 98 valence electrons. The van der Waals surface area contributed by atoms with E-state index in [0.717, 1.165) is 16.0 Å². The molecule has 0 aliphatic heterocycles. The Balaban J connectivity index is 1.95. The maximum atomic E-state index is 4.44. The van der Waals surface area contributed by atoms with E-state index >= 15 is 0 Å². The number of hydrogen-bond acceptors (Lipinski definition) is 6. The Labute approximate surface area is 119 Å².